The largest absolute Gasteiger partial charge is 0.479 e. The van der Waals surface area contributed by atoms with Gasteiger partial charge in [-0.15, -0.1) is 0 Å². The summed E-state index contributed by atoms with van der Waals surface area (Å²) < 4.78 is 27.3. The minimum atomic E-state index is -1.78. The molecule has 2 saturated heterocycles. The molecule has 12 atom stereocenters. The number of esters is 1. The van der Waals surface area contributed by atoms with Crippen LogP contribution in [0.3, 0.4) is 0 Å². The van der Waals surface area contributed by atoms with E-state index in [-0.39, 0.29) is 19.4 Å². The second kappa shape index (κ2) is 21.4. The molecule has 270 valence electrons. The molecule has 0 amide bonds. The molecule has 2 heterocycles. The molecule has 0 unspecified atom stereocenters. The molecule has 0 radical (unpaired) electrons. The number of unbranched alkanes of at least 4 members (excludes halogenated alkanes) is 8. The Morgan fingerprint density at radius 2 is 1.24 bits per heavy atom. The predicted octanol–water partition coefficient (Wildman–Crippen LogP) is -1.31. The van der Waals surface area contributed by atoms with Gasteiger partial charge in [0.2, 0.25) is 0 Å². The molecule has 46 heavy (non-hydrogen) atoms. The van der Waals surface area contributed by atoms with E-state index < -0.39 is 98.8 Å². The van der Waals surface area contributed by atoms with E-state index in [2.05, 4.69) is 0 Å². The van der Waals surface area contributed by atoms with Crippen molar-refractivity contribution in [1.29, 1.82) is 0 Å². The molecule has 9 N–H and O–H groups in total. The third-order valence-electron chi connectivity index (χ3n) is 8.26. The third-order valence-corrected chi connectivity index (χ3v) is 8.26. The summed E-state index contributed by atoms with van der Waals surface area (Å²) >= 11 is 0. The van der Waals surface area contributed by atoms with E-state index >= 15 is 0 Å². The maximum atomic E-state index is 11.4. The molecular formula is C30H54O16. The fourth-order valence-corrected chi connectivity index (χ4v) is 5.42. The molecule has 2 rings (SSSR count). The second-order valence-electron chi connectivity index (χ2n) is 12.1. The molecule has 2 aliphatic rings. The quantitative estimate of drug-likeness (QED) is 0.0478. The Kier molecular flexibility index (Phi) is 18.9. The van der Waals surface area contributed by atoms with Crippen molar-refractivity contribution in [2.24, 2.45) is 0 Å². The summed E-state index contributed by atoms with van der Waals surface area (Å²) in [6, 6.07) is 0. The highest BCUT2D eigenvalue weighted by Crippen LogP contribution is 2.30. The van der Waals surface area contributed by atoms with Crippen LogP contribution in [0, 0.1) is 0 Å². The lowest BCUT2D eigenvalue weighted by Gasteiger charge is -2.46. The Balaban J connectivity index is 1.71. The Morgan fingerprint density at radius 3 is 1.80 bits per heavy atom. The highest BCUT2D eigenvalue weighted by molar-refractivity contribution is 5.71. The molecule has 16 nitrogen and oxygen atoms in total. The molecule has 16 heteroatoms. The van der Waals surface area contributed by atoms with Gasteiger partial charge in [-0.25, -0.2) is 4.79 Å². The average Bonchev–Trinajstić information content (AvgIpc) is 3.02. The number of aliphatic hydroxyl groups excluding tert-OH is 8. The number of carbonyl (C=O) groups excluding carboxylic acids is 1. The minimum absolute atomic E-state index is 0.0162. The lowest BCUT2D eigenvalue weighted by molar-refractivity contribution is -0.359. The van der Waals surface area contributed by atoms with Crippen LogP contribution in [0.4, 0.5) is 0 Å². The van der Waals surface area contributed by atoms with Gasteiger partial charge < -0.3 is 69.6 Å². The van der Waals surface area contributed by atoms with Crippen LogP contribution < -0.4 is 0 Å². The molecule has 2 aliphatic heterocycles. The van der Waals surface area contributed by atoms with Gasteiger partial charge in [-0.2, -0.15) is 0 Å². The van der Waals surface area contributed by atoms with Gasteiger partial charge in [0.1, 0.15) is 55.4 Å². The van der Waals surface area contributed by atoms with Crippen LogP contribution >= 0.6 is 0 Å². The zero-order valence-corrected chi connectivity index (χ0v) is 26.4. The normalized spacial score (nSPS) is 33.0. The van der Waals surface area contributed by atoms with Gasteiger partial charge in [0, 0.05) is 6.92 Å². The zero-order chi connectivity index (χ0) is 34.2. The summed E-state index contributed by atoms with van der Waals surface area (Å²) in [5.74, 6) is -1.84. The summed E-state index contributed by atoms with van der Waals surface area (Å²) in [4.78, 5) is 22.0. The van der Waals surface area contributed by atoms with Crippen LogP contribution in [0.5, 0.6) is 0 Å². The van der Waals surface area contributed by atoms with E-state index in [4.69, 9.17) is 28.8 Å². The molecule has 0 saturated carbocycles. The highest BCUT2D eigenvalue weighted by atomic mass is 16.7. The highest BCUT2D eigenvalue weighted by Gasteiger charge is 2.51. The molecule has 0 spiro atoms. The van der Waals surface area contributed by atoms with Crippen molar-refractivity contribution >= 4 is 11.9 Å². The Hall–Kier alpha value is -1.54. The van der Waals surface area contributed by atoms with Crippen molar-refractivity contribution in [1.82, 2.24) is 0 Å². The molecule has 0 aromatic heterocycles. The van der Waals surface area contributed by atoms with E-state index in [9.17, 15) is 50.4 Å². The second-order valence-corrected chi connectivity index (χ2v) is 12.1. The van der Waals surface area contributed by atoms with E-state index in [1.165, 1.54) is 0 Å². The van der Waals surface area contributed by atoms with Crippen molar-refractivity contribution < 1.29 is 79.2 Å². The fraction of sp³-hybridized carbons (Fsp3) is 0.933. The van der Waals surface area contributed by atoms with Crippen molar-refractivity contribution in [2.45, 2.75) is 158 Å². The average molecular weight is 671 g/mol. The Morgan fingerprint density at radius 1 is 0.696 bits per heavy atom. The smallest absolute Gasteiger partial charge is 0.332 e. The molecule has 0 bridgehead atoms. The lowest BCUT2D eigenvalue weighted by Crippen LogP contribution is -2.64. The Bertz CT molecular complexity index is 861. The lowest BCUT2D eigenvalue weighted by atomic mass is 9.97. The van der Waals surface area contributed by atoms with Crippen molar-refractivity contribution in [3.05, 3.63) is 0 Å². The number of rotatable bonds is 22. The zero-order valence-electron chi connectivity index (χ0n) is 26.4. The monoisotopic (exact) mass is 670 g/mol. The molecule has 0 aromatic rings. The first-order chi connectivity index (χ1) is 21.9. The van der Waals surface area contributed by atoms with E-state index in [1.807, 2.05) is 0 Å². The number of aliphatic carboxylic acids is 1. The summed E-state index contributed by atoms with van der Waals surface area (Å²) in [5, 5.41) is 89.6. The number of carbonyl (C=O) groups is 2. The number of carboxylic acid groups (broad SMARTS) is 1. The standard InChI is InChI=1S/C30H54O16/c1-17(32)43-16-21-27(46-30-25(38)23(36)22(35)20(15-31)44-30)24(37)26(39)29(45-21)42-14-13-18(33)11-9-7-5-3-2-4-6-8-10-12-19(34)28(40)41/h18-27,29-31,33-39H,2-16H2,1H3,(H,40,41)/t18-,19-,20+,21+,22+,23-,24+,25+,26+,27+,29+,30-/m0/s1. The van der Waals surface area contributed by atoms with Gasteiger partial charge >= 0.3 is 11.9 Å². The van der Waals surface area contributed by atoms with Crippen LogP contribution in [0.15, 0.2) is 0 Å². The fourth-order valence-electron chi connectivity index (χ4n) is 5.42. The first-order valence-corrected chi connectivity index (χ1v) is 16.2. The minimum Gasteiger partial charge on any atom is -0.479 e. The Labute approximate surface area is 268 Å². The van der Waals surface area contributed by atoms with Crippen LogP contribution in [-0.2, 0) is 33.3 Å². The first-order valence-electron chi connectivity index (χ1n) is 16.2. The third kappa shape index (κ3) is 13.5. The molecule has 2 fully saturated rings. The number of aliphatic hydroxyl groups is 8. The first kappa shape index (κ1) is 40.6. The van der Waals surface area contributed by atoms with E-state index in [1.54, 1.807) is 0 Å². The van der Waals surface area contributed by atoms with E-state index in [0.717, 1.165) is 58.3 Å². The van der Waals surface area contributed by atoms with Crippen LogP contribution in [-0.4, -0.2) is 151 Å². The van der Waals surface area contributed by atoms with Gasteiger partial charge in [0.15, 0.2) is 18.7 Å². The molecule has 0 aliphatic carbocycles. The number of hydrogen-bond donors (Lipinski definition) is 9. The van der Waals surface area contributed by atoms with Crippen LogP contribution in [0.1, 0.15) is 84.0 Å². The van der Waals surface area contributed by atoms with Gasteiger partial charge in [0.05, 0.1) is 19.3 Å². The van der Waals surface area contributed by atoms with E-state index in [0.29, 0.717) is 12.8 Å². The number of carboxylic acids is 1. The van der Waals surface area contributed by atoms with Crippen LogP contribution in [0.2, 0.25) is 0 Å². The van der Waals surface area contributed by atoms with Gasteiger partial charge in [0.25, 0.3) is 0 Å². The van der Waals surface area contributed by atoms with Crippen LogP contribution in [0.25, 0.3) is 0 Å². The van der Waals surface area contributed by atoms with Gasteiger partial charge in [-0.3, -0.25) is 4.79 Å². The predicted molar refractivity (Wildman–Crippen MR) is 157 cm³/mol. The summed E-state index contributed by atoms with van der Waals surface area (Å²) in [7, 11) is 0. The summed E-state index contributed by atoms with van der Waals surface area (Å²) in [5.41, 5.74) is 0. The maximum Gasteiger partial charge on any atom is 0.332 e. The number of ether oxygens (including phenoxy) is 5. The maximum absolute atomic E-state index is 11.4. The SMILES string of the molecule is CC(=O)OC[C@H]1O[C@@H](OCC[C@@H](O)CCCCCCCCCCC[C@H](O)C(=O)O)[C@H](O)[C@@H](O)[C@@H]1O[C@@H]1O[C@H](CO)[C@@H](O)[C@H](O)[C@H]1O. The van der Waals surface area contributed by atoms with Gasteiger partial charge in [-0.05, 0) is 19.3 Å². The molecule has 0 aromatic carbocycles. The van der Waals surface area contributed by atoms with Crippen molar-refractivity contribution in [2.75, 3.05) is 19.8 Å². The van der Waals surface area contributed by atoms with Crippen molar-refractivity contribution in [3.8, 4) is 0 Å². The number of hydrogen-bond acceptors (Lipinski definition) is 15. The summed E-state index contributed by atoms with van der Waals surface area (Å²) in [6.07, 6.45) is -7.78. The van der Waals surface area contributed by atoms with Crippen molar-refractivity contribution in [3.63, 3.8) is 0 Å². The molecular weight excluding hydrogens is 616 g/mol. The summed E-state index contributed by atoms with van der Waals surface area (Å²) in [6.45, 7) is 0.00142. The van der Waals surface area contributed by atoms with Gasteiger partial charge in [-0.1, -0.05) is 57.8 Å². The topological polar surface area (TPSA) is 262 Å².